The van der Waals surface area contributed by atoms with Crippen LogP contribution in [0.4, 0.5) is 8.78 Å². The Morgan fingerprint density at radius 2 is 2.00 bits per heavy atom. The van der Waals surface area contributed by atoms with Crippen molar-refractivity contribution in [1.29, 1.82) is 0 Å². The lowest BCUT2D eigenvalue weighted by Crippen LogP contribution is -2.31. The fraction of sp³-hybridized carbons (Fsp3) is 0.833. The second-order valence-electron chi connectivity index (χ2n) is 2.28. The van der Waals surface area contributed by atoms with Crippen molar-refractivity contribution >= 4 is 5.78 Å². The lowest BCUT2D eigenvalue weighted by molar-refractivity contribution is -0.120. The maximum Gasteiger partial charge on any atom is 0.253 e. The largest absolute Gasteiger partial charge is 0.330 e. The van der Waals surface area contributed by atoms with E-state index in [9.17, 15) is 13.6 Å². The van der Waals surface area contributed by atoms with Gasteiger partial charge >= 0.3 is 0 Å². The SMILES string of the molecule is NCCC(=O)CC(N)C(F)F. The van der Waals surface area contributed by atoms with Crippen molar-refractivity contribution in [3.63, 3.8) is 0 Å². The number of carbonyl (C=O) groups is 1. The molecule has 0 radical (unpaired) electrons. The van der Waals surface area contributed by atoms with Crippen molar-refractivity contribution in [2.75, 3.05) is 6.54 Å². The third-order valence-electron chi connectivity index (χ3n) is 1.21. The maximum absolute atomic E-state index is 11.7. The number of halogens is 2. The van der Waals surface area contributed by atoms with E-state index in [4.69, 9.17) is 11.5 Å². The first-order chi connectivity index (χ1) is 5.07. The summed E-state index contributed by atoms with van der Waals surface area (Å²) in [5.74, 6) is -0.305. The Kier molecular flexibility index (Phi) is 4.89. The van der Waals surface area contributed by atoms with Crippen LogP contribution >= 0.6 is 0 Å². The molecule has 0 saturated heterocycles. The van der Waals surface area contributed by atoms with Crippen molar-refractivity contribution in [3.05, 3.63) is 0 Å². The van der Waals surface area contributed by atoms with Crippen LogP contribution in [0.3, 0.4) is 0 Å². The van der Waals surface area contributed by atoms with Gasteiger partial charge in [0.2, 0.25) is 0 Å². The van der Waals surface area contributed by atoms with E-state index in [0.29, 0.717) is 0 Å². The number of hydrogen-bond acceptors (Lipinski definition) is 3. The van der Waals surface area contributed by atoms with Gasteiger partial charge in [0.05, 0.1) is 6.04 Å². The van der Waals surface area contributed by atoms with Gasteiger partial charge in [0, 0.05) is 12.8 Å². The molecule has 1 atom stereocenters. The molecule has 0 fully saturated rings. The van der Waals surface area contributed by atoms with Gasteiger partial charge in [0.15, 0.2) is 0 Å². The highest BCUT2D eigenvalue weighted by atomic mass is 19.3. The normalized spacial score (nSPS) is 13.5. The van der Waals surface area contributed by atoms with E-state index in [1.54, 1.807) is 0 Å². The Morgan fingerprint density at radius 3 is 2.36 bits per heavy atom. The zero-order valence-corrected chi connectivity index (χ0v) is 6.09. The molecule has 4 N–H and O–H groups in total. The lowest BCUT2D eigenvalue weighted by Gasteiger charge is -2.07. The van der Waals surface area contributed by atoms with E-state index in [2.05, 4.69) is 0 Å². The summed E-state index contributed by atoms with van der Waals surface area (Å²) >= 11 is 0. The molecule has 0 aromatic heterocycles. The highest BCUT2D eigenvalue weighted by Gasteiger charge is 2.17. The molecule has 0 bridgehead atoms. The monoisotopic (exact) mass is 166 g/mol. The predicted molar refractivity (Wildman–Crippen MR) is 37.3 cm³/mol. The molecule has 0 heterocycles. The zero-order chi connectivity index (χ0) is 8.85. The number of carbonyl (C=O) groups excluding carboxylic acids is 1. The Balaban J connectivity index is 3.57. The lowest BCUT2D eigenvalue weighted by atomic mass is 10.1. The summed E-state index contributed by atoms with van der Waals surface area (Å²) in [6.07, 6.45) is -2.79. The number of alkyl halides is 2. The Bertz CT molecular complexity index is 130. The average molecular weight is 166 g/mol. The molecule has 0 saturated carbocycles. The maximum atomic E-state index is 11.7. The van der Waals surface area contributed by atoms with Crippen molar-refractivity contribution < 1.29 is 13.6 Å². The van der Waals surface area contributed by atoms with Crippen LogP contribution in [0.5, 0.6) is 0 Å². The Labute approximate surface area is 63.7 Å². The third-order valence-corrected chi connectivity index (χ3v) is 1.21. The first-order valence-electron chi connectivity index (χ1n) is 3.33. The molecule has 0 spiro atoms. The number of ketones is 1. The number of Topliss-reactive ketones (excluding diaryl/α,β-unsaturated/α-hetero) is 1. The van der Waals surface area contributed by atoms with Crippen LogP contribution in [0.2, 0.25) is 0 Å². The molecule has 0 rings (SSSR count). The van der Waals surface area contributed by atoms with E-state index in [0.717, 1.165) is 0 Å². The van der Waals surface area contributed by atoms with E-state index in [-0.39, 0.29) is 25.2 Å². The third kappa shape index (κ3) is 4.80. The Hall–Kier alpha value is -0.550. The van der Waals surface area contributed by atoms with Crippen molar-refractivity contribution in [2.45, 2.75) is 25.3 Å². The average Bonchev–Trinajstić information content (AvgIpc) is 1.87. The minimum atomic E-state index is -2.63. The molecule has 11 heavy (non-hydrogen) atoms. The molecular formula is C6H12F2N2O. The van der Waals surface area contributed by atoms with Crippen molar-refractivity contribution in [2.24, 2.45) is 11.5 Å². The standard InChI is InChI=1S/C6H12F2N2O/c7-6(8)5(10)3-4(11)1-2-9/h5-6H,1-3,9-10H2. The van der Waals surface area contributed by atoms with Crippen molar-refractivity contribution in [3.8, 4) is 0 Å². The van der Waals surface area contributed by atoms with Gasteiger partial charge in [-0.15, -0.1) is 0 Å². The van der Waals surface area contributed by atoms with Gasteiger partial charge < -0.3 is 11.5 Å². The van der Waals surface area contributed by atoms with Gasteiger partial charge in [-0.05, 0) is 6.54 Å². The molecule has 3 nitrogen and oxygen atoms in total. The number of rotatable bonds is 5. The fourth-order valence-corrected chi connectivity index (χ4v) is 0.615. The van der Waals surface area contributed by atoms with Crippen LogP contribution in [-0.2, 0) is 4.79 Å². The molecule has 5 heteroatoms. The van der Waals surface area contributed by atoms with E-state index in [1.165, 1.54) is 0 Å². The summed E-state index contributed by atoms with van der Waals surface area (Å²) in [4.78, 5) is 10.7. The van der Waals surface area contributed by atoms with E-state index >= 15 is 0 Å². The summed E-state index contributed by atoms with van der Waals surface area (Å²) < 4.78 is 23.4. The molecule has 0 aromatic carbocycles. The van der Waals surface area contributed by atoms with Crippen LogP contribution in [0.15, 0.2) is 0 Å². The number of nitrogens with two attached hydrogens (primary N) is 2. The quantitative estimate of drug-likeness (QED) is 0.598. The second kappa shape index (κ2) is 5.15. The first kappa shape index (κ1) is 10.4. The van der Waals surface area contributed by atoms with Crippen LogP contribution in [0.25, 0.3) is 0 Å². The first-order valence-corrected chi connectivity index (χ1v) is 3.33. The van der Waals surface area contributed by atoms with Crippen LogP contribution in [-0.4, -0.2) is 24.8 Å². The number of hydrogen-bond donors (Lipinski definition) is 2. The molecule has 0 aliphatic carbocycles. The van der Waals surface area contributed by atoms with Crippen LogP contribution in [0, 0.1) is 0 Å². The minimum Gasteiger partial charge on any atom is -0.330 e. The van der Waals surface area contributed by atoms with Crippen LogP contribution < -0.4 is 11.5 Å². The second-order valence-corrected chi connectivity index (χ2v) is 2.28. The molecule has 0 aliphatic rings. The van der Waals surface area contributed by atoms with Gasteiger partial charge in [0.25, 0.3) is 6.43 Å². The van der Waals surface area contributed by atoms with Crippen LogP contribution in [0.1, 0.15) is 12.8 Å². The summed E-state index contributed by atoms with van der Waals surface area (Å²) in [6.45, 7) is 0.189. The molecule has 0 aromatic rings. The van der Waals surface area contributed by atoms with Gasteiger partial charge in [-0.2, -0.15) is 0 Å². The van der Waals surface area contributed by atoms with Gasteiger partial charge in [-0.1, -0.05) is 0 Å². The van der Waals surface area contributed by atoms with E-state index < -0.39 is 12.5 Å². The minimum absolute atomic E-state index is 0.125. The van der Waals surface area contributed by atoms with Gasteiger partial charge in [-0.25, -0.2) is 8.78 Å². The molecule has 66 valence electrons. The highest BCUT2D eigenvalue weighted by Crippen LogP contribution is 2.03. The fourth-order valence-electron chi connectivity index (χ4n) is 0.615. The highest BCUT2D eigenvalue weighted by molar-refractivity contribution is 5.79. The molecule has 0 amide bonds. The summed E-state index contributed by atoms with van der Waals surface area (Å²) in [6, 6.07) is -1.34. The smallest absolute Gasteiger partial charge is 0.253 e. The predicted octanol–water partition coefficient (Wildman–Crippen LogP) is -0.113. The topological polar surface area (TPSA) is 69.1 Å². The van der Waals surface area contributed by atoms with Crippen molar-refractivity contribution in [1.82, 2.24) is 0 Å². The molecule has 0 aliphatic heterocycles. The Morgan fingerprint density at radius 1 is 1.45 bits per heavy atom. The summed E-state index contributed by atoms with van der Waals surface area (Å²) in [7, 11) is 0. The van der Waals surface area contributed by atoms with Gasteiger partial charge in [-0.3, -0.25) is 4.79 Å². The summed E-state index contributed by atoms with van der Waals surface area (Å²) in [5.41, 5.74) is 9.97. The molecule has 1 unspecified atom stereocenters. The molecular weight excluding hydrogens is 154 g/mol. The van der Waals surface area contributed by atoms with Gasteiger partial charge in [0.1, 0.15) is 5.78 Å². The zero-order valence-electron chi connectivity index (χ0n) is 6.09. The van der Waals surface area contributed by atoms with E-state index in [1.807, 2.05) is 0 Å². The summed E-state index contributed by atoms with van der Waals surface area (Å²) in [5, 5.41) is 0.